The van der Waals surface area contributed by atoms with Crippen molar-refractivity contribution in [2.45, 2.75) is 6.54 Å². The van der Waals surface area contributed by atoms with E-state index in [0.29, 0.717) is 27.8 Å². The maximum absolute atomic E-state index is 12.5. The van der Waals surface area contributed by atoms with Crippen LogP contribution in [-0.4, -0.2) is 32.8 Å². The molecule has 0 aliphatic heterocycles. The first-order valence-electron chi connectivity index (χ1n) is 8.95. The van der Waals surface area contributed by atoms with Crippen molar-refractivity contribution in [3.63, 3.8) is 0 Å². The van der Waals surface area contributed by atoms with Gasteiger partial charge in [-0.15, -0.1) is 5.10 Å². The van der Waals surface area contributed by atoms with E-state index in [9.17, 15) is 14.9 Å². The molecule has 0 radical (unpaired) electrons. The number of non-ortho nitro benzene ring substituents is 1. The zero-order valence-electron chi connectivity index (χ0n) is 15.9. The number of nitro groups is 1. The summed E-state index contributed by atoms with van der Waals surface area (Å²) in [6, 6.07) is 14.7. The van der Waals surface area contributed by atoms with Gasteiger partial charge in [-0.2, -0.15) is 0 Å². The molecule has 2 aromatic heterocycles. The minimum Gasteiger partial charge on any atom is -0.497 e. The molecule has 0 saturated heterocycles. The van der Waals surface area contributed by atoms with Gasteiger partial charge < -0.3 is 9.47 Å². The quantitative estimate of drug-likeness (QED) is 0.274. The first-order chi connectivity index (χ1) is 14.5. The number of methoxy groups -OCH3 is 1. The average molecular weight is 404 g/mol. The lowest BCUT2D eigenvalue weighted by Gasteiger charge is -2.04. The summed E-state index contributed by atoms with van der Waals surface area (Å²) < 4.78 is 12.4. The summed E-state index contributed by atoms with van der Waals surface area (Å²) in [7, 11) is 1.54. The number of nitro benzene ring substituents is 1. The molecule has 0 aliphatic carbocycles. The molecule has 0 unspecified atom stereocenters. The second-order valence-corrected chi connectivity index (χ2v) is 6.40. The highest BCUT2D eigenvalue weighted by molar-refractivity contribution is 5.94. The van der Waals surface area contributed by atoms with Crippen molar-refractivity contribution in [3.8, 4) is 11.6 Å². The van der Waals surface area contributed by atoms with E-state index in [0.717, 1.165) is 0 Å². The van der Waals surface area contributed by atoms with E-state index in [1.54, 1.807) is 47.1 Å². The third-order valence-electron chi connectivity index (χ3n) is 4.48. The average Bonchev–Trinajstić information content (AvgIpc) is 3.10. The van der Waals surface area contributed by atoms with Crippen molar-refractivity contribution in [2.24, 2.45) is 0 Å². The Morgan fingerprint density at radius 3 is 2.67 bits per heavy atom. The topological polar surface area (TPSA) is 109 Å². The van der Waals surface area contributed by atoms with E-state index < -0.39 is 10.9 Å². The number of hydrogen-bond acceptors (Lipinski definition) is 7. The van der Waals surface area contributed by atoms with Crippen molar-refractivity contribution in [1.82, 2.24) is 14.8 Å². The van der Waals surface area contributed by atoms with E-state index in [1.165, 1.54) is 31.6 Å². The predicted octanol–water partition coefficient (Wildman–Crippen LogP) is 3.62. The molecule has 150 valence electrons. The second-order valence-electron chi connectivity index (χ2n) is 6.40. The predicted molar refractivity (Wildman–Crippen MR) is 108 cm³/mol. The summed E-state index contributed by atoms with van der Waals surface area (Å²) in [5, 5.41) is 16.1. The van der Waals surface area contributed by atoms with Gasteiger partial charge in [0.25, 0.3) is 5.69 Å². The number of ether oxygens (including phenoxy) is 2. The van der Waals surface area contributed by atoms with Gasteiger partial charge in [0, 0.05) is 24.5 Å². The van der Waals surface area contributed by atoms with Gasteiger partial charge in [0.1, 0.15) is 5.75 Å². The molecular weight excluding hydrogens is 388 g/mol. The maximum Gasteiger partial charge on any atom is 0.345 e. The molecule has 4 rings (SSSR count). The molecule has 0 fully saturated rings. The van der Waals surface area contributed by atoms with Gasteiger partial charge in [-0.05, 0) is 35.9 Å². The fraction of sp³-hybridized carbons (Fsp3) is 0.0952. The number of pyridine rings is 1. The summed E-state index contributed by atoms with van der Waals surface area (Å²) in [6.45, 7) is 0.261. The number of carbonyl (C=O) groups is 1. The maximum atomic E-state index is 12.5. The van der Waals surface area contributed by atoms with Crippen molar-refractivity contribution >= 4 is 22.6 Å². The molecule has 0 spiro atoms. The fourth-order valence-electron chi connectivity index (χ4n) is 3.03. The Labute approximate surface area is 170 Å². The number of aromatic nitrogens is 3. The molecule has 30 heavy (non-hydrogen) atoms. The lowest BCUT2D eigenvalue weighted by molar-refractivity contribution is -0.384. The SMILES string of the molecule is COc1ccc2c(c1)c(OC(=O)c1ccncc1)nn2Cc1cccc([N+](=O)[O-])c1. The first kappa shape index (κ1) is 19.1. The van der Waals surface area contributed by atoms with Crippen LogP contribution in [0.5, 0.6) is 11.6 Å². The van der Waals surface area contributed by atoms with Gasteiger partial charge in [-0.1, -0.05) is 12.1 Å². The van der Waals surface area contributed by atoms with Gasteiger partial charge in [0.15, 0.2) is 0 Å². The number of esters is 1. The molecule has 9 nitrogen and oxygen atoms in total. The molecule has 2 heterocycles. The standard InChI is InChI=1S/C21H16N4O5/c1-29-17-5-6-19-18(12-17)20(30-21(26)15-7-9-22-10-8-15)23-24(19)13-14-3-2-4-16(11-14)25(27)28/h2-12H,13H2,1H3. The number of carbonyl (C=O) groups excluding carboxylic acids is 1. The third kappa shape index (κ3) is 3.81. The molecule has 0 N–H and O–H groups in total. The Morgan fingerprint density at radius 2 is 1.93 bits per heavy atom. The molecule has 0 atom stereocenters. The van der Waals surface area contributed by atoms with Crippen LogP contribution in [0.1, 0.15) is 15.9 Å². The second kappa shape index (κ2) is 8.00. The van der Waals surface area contributed by atoms with Crippen molar-refractivity contribution in [2.75, 3.05) is 7.11 Å². The minimum atomic E-state index is -0.567. The first-order valence-corrected chi connectivity index (χ1v) is 8.95. The molecule has 0 bridgehead atoms. The zero-order chi connectivity index (χ0) is 21.1. The largest absolute Gasteiger partial charge is 0.497 e. The van der Waals surface area contributed by atoms with Crippen molar-refractivity contribution in [3.05, 3.63) is 88.2 Å². The minimum absolute atomic E-state index is 0.00466. The number of rotatable bonds is 6. The summed E-state index contributed by atoms with van der Waals surface area (Å²) in [4.78, 5) is 27.0. The number of hydrogen-bond donors (Lipinski definition) is 0. The van der Waals surface area contributed by atoms with Gasteiger partial charge >= 0.3 is 5.97 Å². The van der Waals surface area contributed by atoms with Crippen molar-refractivity contribution in [1.29, 1.82) is 0 Å². The molecule has 4 aromatic rings. The Balaban J connectivity index is 1.73. The summed E-state index contributed by atoms with van der Waals surface area (Å²) >= 11 is 0. The van der Waals surface area contributed by atoms with Gasteiger partial charge in [0.05, 0.1) is 35.0 Å². The number of benzene rings is 2. The lowest BCUT2D eigenvalue weighted by Crippen LogP contribution is -2.09. The fourth-order valence-corrected chi connectivity index (χ4v) is 3.03. The Bertz CT molecular complexity index is 1240. The van der Waals surface area contributed by atoms with Crippen LogP contribution < -0.4 is 9.47 Å². The Morgan fingerprint density at radius 1 is 1.13 bits per heavy atom. The van der Waals surface area contributed by atoms with Gasteiger partial charge in [0.2, 0.25) is 5.88 Å². The molecule has 0 saturated carbocycles. The van der Waals surface area contributed by atoms with E-state index >= 15 is 0 Å². The van der Waals surface area contributed by atoms with Gasteiger partial charge in [-0.3, -0.25) is 19.8 Å². The molecule has 0 amide bonds. The number of fused-ring (bicyclic) bond motifs is 1. The van der Waals surface area contributed by atoms with Crippen LogP contribution in [0.15, 0.2) is 67.0 Å². The summed E-state index contributed by atoms with van der Waals surface area (Å²) in [5.41, 5.74) is 1.72. The summed E-state index contributed by atoms with van der Waals surface area (Å²) in [6.07, 6.45) is 3.00. The molecule has 0 aliphatic rings. The van der Waals surface area contributed by atoms with Crippen LogP contribution in [0.25, 0.3) is 10.9 Å². The van der Waals surface area contributed by atoms with E-state index in [2.05, 4.69) is 10.1 Å². The van der Waals surface area contributed by atoms with Crippen LogP contribution in [-0.2, 0) is 6.54 Å². The monoisotopic (exact) mass is 404 g/mol. The smallest absolute Gasteiger partial charge is 0.345 e. The number of nitrogens with zero attached hydrogens (tertiary/aromatic N) is 4. The van der Waals surface area contributed by atoms with E-state index in [-0.39, 0.29) is 18.1 Å². The molecule has 2 aromatic carbocycles. The van der Waals surface area contributed by atoms with Crippen LogP contribution in [0.2, 0.25) is 0 Å². The highest BCUT2D eigenvalue weighted by Crippen LogP contribution is 2.30. The van der Waals surface area contributed by atoms with Crippen LogP contribution >= 0.6 is 0 Å². The highest BCUT2D eigenvalue weighted by atomic mass is 16.6. The van der Waals surface area contributed by atoms with E-state index in [4.69, 9.17) is 9.47 Å². The Kier molecular flexibility index (Phi) is 5.08. The highest BCUT2D eigenvalue weighted by Gasteiger charge is 2.18. The zero-order valence-corrected chi connectivity index (χ0v) is 15.9. The van der Waals surface area contributed by atoms with Crippen molar-refractivity contribution < 1.29 is 19.2 Å². The van der Waals surface area contributed by atoms with Crippen LogP contribution in [0.3, 0.4) is 0 Å². The van der Waals surface area contributed by atoms with E-state index in [1.807, 2.05) is 0 Å². The van der Waals surface area contributed by atoms with Crippen LogP contribution in [0.4, 0.5) is 5.69 Å². The molecular formula is C21H16N4O5. The third-order valence-corrected chi connectivity index (χ3v) is 4.48. The summed E-state index contributed by atoms with van der Waals surface area (Å²) in [5.74, 6) is 0.136. The Hall–Kier alpha value is -4.27. The van der Waals surface area contributed by atoms with Gasteiger partial charge in [-0.25, -0.2) is 4.79 Å². The molecule has 9 heteroatoms. The lowest BCUT2D eigenvalue weighted by atomic mass is 10.2. The van der Waals surface area contributed by atoms with Crippen LogP contribution in [0, 0.1) is 10.1 Å². The normalized spacial score (nSPS) is 10.7.